The number of hydrogen-bond acceptors (Lipinski definition) is 8. The van der Waals surface area contributed by atoms with Gasteiger partial charge in [-0.05, 0) is 18.2 Å². The van der Waals surface area contributed by atoms with E-state index in [0.717, 1.165) is 54.8 Å². The van der Waals surface area contributed by atoms with Crippen LogP contribution in [0, 0.1) is 0 Å². The van der Waals surface area contributed by atoms with Gasteiger partial charge in [-0.3, -0.25) is 9.88 Å². The molecule has 3 aromatic rings. The molecule has 1 aliphatic rings. The molecule has 0 atom stereocenters. The van der Waals surface area contributed by atoms with Gasteiger partial charge >= 0.3 is 0 Å². The quantitative estimate of drug-likeness (QED) is 0.598. The van der Waals surface area contributed by atoms with Gasteiger partial charge in [0.1, 0.15) is 17.5 Å². The maximum atomic E-state index is 6.25. The third-order valence-corrected chi connectivity index (χ3v) is 5.25. The minimum Gasteiger partial charge on any atom is -0.435 e. The number of hydrogen-bond donors (Lipinski definition) is 2. The Hall–Kier alpha value is -2.49. The molecule has 28 heavy (non-hydrogen) atoms. The molecule has 0 amide bonds. The number of rotatable bonds is 6. The lowest BCUT2D eigenvalue weighted by Crippen LogP contribution is -2.39. The highest BCUT2D eigenvalue weighted by Crippen LogP contribution is 2.35. The van der Waals surface area contributed by atoms with Gasteiger partial charge in [0.15, 0.2) is 11.6 Å². The van der Waals surface area contributed by atoms with Crippen LogP contribution >= 0.6 is 15.9 Å². The smallest absolute Gasteiger partial charge is 0.248 e. The summed E-state index contributed by atoms with van der Waals surface area (Å²) in [5.41, 5.74) is 7.35. The Balaban J connectivity index is 1.49. The van der Waals surface area contributed by atoms with E-state index in [1.807, 2.05) is 24.3 Å². The molecule has 3 N–H and O–H groups in total. The average Bonchev–Trinajstić information content (AvgIpc) is 2.73. The Morgan fingerprint density at radius 2 is 2.04 bits per heavy atom. The Morgan fingerprint density at radius 1 is 1.18 bits per heavy atom. The molecule has 146 valence electrons. The lowest BCUT2D eigenvalue weighted by Gasteiger charge is -2.26. The van der Waals surface area contributed by atoms with Crippen LogP contribution in [0.4, 0.5) is 11.5 Å². The van der Waals surface area contributed by atoms with Crippen LogP contribution in [0.2, 0.25) is 0 Å². The predicted molar refractivity (Wildman–Crippen MR) is 112 cm³/mol. The van der Waals surface area contributed by atoms with Crippen LogP contribution in [0.25, 0.3) is 10.9 Å². The summed E-state index contributed by atoms with van der Waals surface area (Å²) >= 11 is 3.54. The summed E-state index contributed by atoms with van der Waals surface area (Å²) in [6.45, 7) is 5.07. The van der Waals surface area contributed by atoms with Gasteiger partial charge in [-0.25, -0.2) is 4.98 Å². The second-order valence-electron chi connectivity index (χ2n) is 6.37. The van der Waals surface area contributed by atoms with Gasteiger partial charge < -0.3 is 20.5 Å². The molecule has 0 radical (unpaired) electrons. The van der Waals surface area contributed by atoms with Crippen molar-refractivity contribution >= 4 is 38.3 Å². The first-order chi connectivity index (χ1) is 13.7. The van der Waals surface area contributed by atoms with E-state index in [4.69, 9.17) is 15.2 Å². The summed E-state index contributed by atoms with van der Waals surface area (Å²) in [6.07, 6.45) is 3.17. The molecule has 0 unspecified atom stereocenters. The number of morpholine rings is 1. The van der Waals surface area contributed by atoms with E-state index in [9.17, 15) is 0 Å². The molecule has 1 saturated heterocycles. The zero-order valence-corrected chi connectivity index (χ0v) is 16.9. The van der Waals surface area contributed by atoms with Gasteiger partial charge in [0, 0.05) is 42.2 Å². The fraction of sp³-hybridized carbons (Fsp3) is 0.316. The second kappa shape index (κ2) is 8.68. The highest BCUT2D eigenvalue weighted by Gasteiger charge is 2.14. The van der Waals surface area contributed by atoms with E-state index in [1.54, 1.807) is 6.20 Å². The van der Waals surface area contributed by atoms with Gasteiger partial charge in [-0.15, -0.1) is 0 Å². The van der Waals surface area contributed by atoms with Crippen LogP contribution in [0.5, 0.6) is 11.6 Å². The van der Waals surface area contributed by atoms with Crippen molar-refractivity contribution in [3.8, 4) is 11.6 Å². The summed E-state index contributed by atoms with van der Waals surface area (Å²) in [5.74, 6) is 1.45. The fourth-order valence-corrected chi connectivity index (χ4v) is 3.51. The third kappa shape index (κ3) is 4.16. The van der Waals surface area contributed by atoms with Crippen LogP contribution in [0.3, 0.4) is 0 Å². The van der Waals surface area contributed by atoms with Crippen molar-refractivity contribution in [2.75, 3.05) is 50.4 Å². The van der Waals surface area contributed by atoms with Crippen molar-refractivity contribution in [1.29, 1.82) is 0 Å². The van der Waals surface area contributed by atoms with E-state index in [0.29, 0.717) is 23.1 Å². The van der Waals surface area contributed by atoms with Crippen molar-refractivity contribution in [2.45, 2.75) is 0 Å². The number of aromatic nitrogens is 3. The summed E-state index contributed by atoms with van der Waals surface area (Å²) in [5, 5.41) is 4.23. The number of benzene rings is 1. The molecule has 0 aliphatic carbocycles. The first-order valence-electron chi connectivity index (χ1n) is 9.08. The normalized spacial score (nSPS) is 14.9. The highest BCUT2D eigenvalue weighted by molar-refractivity contribution is 9.10. The summed E-state index contributed by atoms with van der Waals surface area (Å²) in [7, 11) is 0. The van der Waals surface area contributed by atoms with Crippen molar-refractivity contribution in [3.63, 3.8) is 0 Å². The van der Waals surface area contributed by atoms with Gasteiger partial charge in [-0.2, -0.15) is 4.98 Å². The molecule has 3 heterocycles. The Kier molecular flexibility index (Phi) is 5.84. The number of fused-ring (bicyclic) bond motifs is 1. The number of nitrogens with two attached hydrogens (primary N) is 1. The number of pyridine rings is 1. The van der Waals surface area contributed by atoms with Crippen molar-refractivity contribution in [1.82, 2.24) is 19.9 Å². The molecule has 0 bridgehead atoms. The molecule has 4 rings (SSSR count). The van der Waals surface area contributed by atoms with Crippen molar-refractivity contribution in [3.05, 3.63) is 41.3 Å². The molecular formula is C19H21BrN6O2. The van der Waals surface area contributed by atoms with Crippen LogP contribution < -0.4 is 15.8 Å². The van der Waals surface area contributed by atoms with Crippen molar-refractivity contribution in [2.24, 2.45) is 0 Å². The van der Waals surface area contributed by atoms with Gasteiger partial charge in [0.05, 0.1) is 13.2 Å². The maximum Gasteiger partial charge on any atom is 0.248 e. The van der Waals surface area contributed by atoms with Crippen LogP contribution in [-0.4, -0.2) is 59.2 Å². The van der Waals surface area contributed by atoms with Gasteiger partial charge in [0.25, 0.3) is 0 Å². The molecular weight excluding hydrogens is 424 g/mol. The summed E-state index contributed by atoms with van der Waals surface area (Å²) in [4.78, 5) is 15.2. The molecule has 0 spiro atoms. The predicted octanol–water partition coefficient (Wildman–Crippen LogP) is 2.91. The molecule has 9 heteroatoms. The Labute approximate surface area is 171 Å². The number of nitrogens with one attached hydrogen (secondary N) is 1. The van der Waals surface area contributed by atoms with Crippen LogP contribution in [0.1, 0.15) is 0 Å². The fourth-order valence-electron chi connectivity index (χ4n) is 3.06. The SMILES string of the molecule is Nc1c(NCCN2CCOCC2)ncnc1Oc1ccc(Br)c2cccnc12. The van der Waals surface area contributed by atoms with E-state index in [1.165, 1.54) is 6.33 Å². The Bertz CT molecular complexity index is 964. The topological polar surface area (TPSA) is 98.4 Å². The molecule has 8 nitrogen and oxygen atoms in total. The van der Waals surface area contributed by atoms with Crippen LogP contribution in [0.15, 0.2) is 41.3 Å². The third-order valence-electron chi connectivity index (χ3n) is 4.56. The molecule has 0 saturated carbocycles. The molecule has 2 aromatic heterocycles. The molecule has 1 aromatic carbocycles. The van der Waals surface area contributed by atoms with E-state index < -0.39 is 0 Å². The van der Waals surface area contributed by atoms with Gasteiger partial charge in [-0.1, -0.05) is 22.0 Å². The molecule has 1 aliphatic heterocycles. The lowest BCUT2D eigenvalue weighted by atomic mass is 10.2. The summed E-state index contributed by atoms with van der Waals surface area (Å²) in [6, 6.07) is 7.61. The minimum atomic E-state index is 0.304. The average molecular weight is 445 g/mol. The molecule has 1 fully saturated rings. The van der Waals surface area contributed by atoms with E-state index in [2.05, 4.69) is 41.1 Å². The zero-order valence-electron chi connectivity index (χ0n) is 15.3. The first-order valence-corrected chi connectivity index (χ1v) is 9.87. The number of halogens is 1. The number of nitrogen functional groups attached to an aromatic ring is 1. The van der Waals surface area contributed by atoms with E-state index >= 15 is 0 Å². The standard InChI is InChI=1S/C19H21BrN6O2/c20-14-3-4-15(17-13(14)2-1-5-22-17)28-19-16(21)18(24-12-25-19)23-6-7-26-8-10-27-11-9-26/h1-5,12H,6-11,21H2,(H,23,24,25). The lowest BCUT2D eigenvalue weighted by molar-refractivity contribution is 0.0398. The monoisotopic (exact) mass is 444 g/mol. The number of nitrogens with zero attached hydrogens (tertiary/aromatic N) is 4. The van der Waals surface area contributed by atoms with Crippen LogP contribution in [-0.2, 0) is 4.74 Å². The first kappa shape index (κ1) is 18.9. The van der Waals surface area contributed by atoms with Gasteiger partial charge in [0.2, 0.25) is 5.88 Å². The van der Waals surface area contributed by atoms with E-state index in [-0.39, 0.29) is 0 Å². The number of anilines is 2. The van der Waals surface area contributed by atoms with Crippen molar-refractivity contribution < 1.29 is 9.47 Å². The zero-order chi connectivity index (χ0) is 19.3. The highest BCUT2D eigenvalue weighted by atomic mass is 79.9. The summed E-state index contributed by atoms with van der Waals surface area (Å²) < 4.78 is 12.3. The minimum absolute atomic E-state index is 0.304. The largest absolute Gasteiger partial charge is 0.435 e. The number of ether oxygens (including phenoxy) is 2. The maximum absolute atomic E-state index is 6.25. The second-order valence-corrected chi connectivity index (χ2v) is 7.22. The Morgan fingerprint density at radius 3 is 2.89 bits per heavy atom.